The maximum absolute atomic E-state index is 5.78. The molecule has 1 heterocycles. The highest BCUT2D eigenvalue weighted by atomic mass is 35.5. The number of pyridine rings is 1. The molecule has 94 valence electrons. The van der Waals surface area contributed by atoms with Gasteiger partial charge in [-0.15, -0.1) is 0 Å². The van der Waals surface area contributed by atoms with Crippen LogP contribution in [0.4, 0.5) is 5.69 Å². The summed E-state index contributed by atoms with van der Waals surface area (Å²) < 4.78 is 0. The highest BCUT2D eigenvalue weighted by molar-refractivity contribution is 6.29. The van der Waals surface area contributed by atoms with Gasteiger partial charge in [0.1, 0.15) is 5.15 Å². The van der Waals surface area contributed by atoms with E-state index in [1.54, 1.807) is 0 Å². The average molecular weight is 253 g/mol. The standard InChI is InChI=1S/C14H21ClN2/c1-10-8-14(2,3)7-6-12(10)17-11-4-5-13(15)16-9-11/h4-5,9-10,12,17H,6-8H2,1-3H3. The SMILES string of the molecule is CC1CC(C)(C)CCC1Nc1ccc(Cl)nc1. The third kappa shape index (κ3) is 3.35. The number of anilines is 1. The van der Waals surface area contributed by atoms with Crippen LogP contribution < -0.4 is 5.32 Å². The number of nitrogens with zero attached hydrogens (tertiary/aromatic N) is 1. The van der Waals surface area contributed by atoms with Gasteiger partial charge in [-0.25, -0.2) is 4.98 Å². The summed E-state index contributed by atoms with van der Waals surface area (Å²) in [6.45, 7) is 7.06. The van der Waals surface area contributed by atoms with E-state index in [1.807, 2.05) is 18.3 Å². The van der Waals surface area contributed by atoms with Crippen molar-refractivity contribution in [2.24, 2.45) is 11.3 Å². The second kappa shape index (κ2) is 4.85. The highest BCUT2D eigenvalue weighted by Crippen LogP contribution is 2.39. The van der Waals surface area contributed by atoms with Crippen LogP contribution in [0.5, 0.6) is 0 Å². The summed E-state index contributed by atoms with van der Waals surface area (Å²) in [4.78, 5) is 4.10. The molecule has 2 unspecified atom stereocenters. The first-order valence-electron chi connectivity index (χ1n) is 6.34. The molecule has 1 aromatic heterocycles. The Morgan fingerprint density at radius 3 is 2.76 bits per heavy atom. The Morgan fingerprint density at radius 2 is 2.18 bits per heavy atom. The van der Waals surface area contributed by atoms with Gasteiger partial charge in [0, 0.05) is 6.04 Å². The van der Waals surface area contributed by atoms with Crippen LogP contribution in [0.15, 0.2) is 18.3 Å². The molecule has 1 aromatic rings. The molecule has 1 aliphatic carbocycles. The minimum absolute atomic E-state index is 0.496. The van der Waals surface area contributed by atoms with Crippen LogP contribution >= 0.6 is 11.6 Å². The first-order chi connectivity index (χ1) is 7.96. The van der Waals surface area contributed by atoms with Crippen molar-refractivity contribution in [1.29, 1.82) is 0 Å². The van der Waals surface area contributed by atoms with Gasteiger partial charge in [-0.2, -0.15) is 0 Å². The Labute approximate surface area is 109 Å². The summed E-state index contributed by atoms with van der Waals surface area (Å²) in [7, 11) is 0. The van der Waals surface area contributed by atoms with Gasteiger partial charge >= 0.3 is 0 Å². The molecule has 0 bridgehead atoms. The summed E-state index contributed by atoms with van der Waals surface area (Å²) in [5, 5.41) is 4.12. The Bertz CT molecular complexity index is 372. The van der Waals surface area contributed by atoms with Crippen molar-refractivity contribution in [3.05, 3.63) is 23.5 Å². The van der Waals surface area contributed by atoms with Gasteiger partial charge < -0.3 is 5.32 Å². The lowest BCUT2D eigenvalue weighted by Crippen LogP contribution is -2.36. The number of hydrogen-bond donors (Lipinski definition) is 1. The van der Waals surface area contributed by atoms with Gasteiger partial charge in [0.25, 0.3) is 0 Å². The fraction of sp³-hybridized carbons (Fsp3) is 0.643. The van der Waals surface area contributed by atoms with Crippen molar-refractivity contribution in [3.8, 4) is 0 Å². The maximum atomic E-state index is 5.78. The molecule has 0 spiro atoms. The number of hydrogen-bond acceptors (Lipinski definition) is 2. The molecular weight excluding hydrogens is 232 g/mol. The monoisotopic (exact) mass is 252 g/mol. The molecule has 2 nitrogen and oxygen atoms in total. The molecule has 0 radical (unpaired) electrons. The van der Waals surface area contributed by atoms with Gasteiger partial charge in [0.05, 0.1) is 11.9 Å². The second-order valence-corrected chi connectivity index (χ2v) is 6.39. The maximum Gasteiger partial charge on any atom is 0.129 e. The first-order valence-corrected chi connectivity index (χ1v) is 6.72. The summed E-state index contributed by atoms with van der Waals surface area (Å²) in [6.07, 6.45) is 5.62. The van der Waals surface area contributed by atoms with Gasteiger partial charge in [-0.3, -0.25) is 0 Å². The van der Waals surface area contributed by atoms with Crippen LogP contribution in [-0.2, 0) is 0 Å². The van der Waals surface area contributed by atoms with E-state index in [0.717, 1.165) is 5.69 Å². The van der Waals surface area contributed by atoms with E-state index in [9.17, 15) is 0 Å². The summed E-state index contributed by atoms with van der Waals surface area (Å²) in [5.41, 5.74) is 1.57. The molecule has 0 aliphatic heterocycles. The fourth-order valence-electron chi connectivity index (χ4n) is 2.84. The van der Waals surface area contributed by atoms with E-state index in [2.05, 4.69) is 31.1 Å². The molecular formula is C14H21ClN2. The van der Waals surface area contributed by atoms with E-state index in [1.165, 1.54) is 19.3 Å². The molecule has 1 fully saturated rings. The Hall–Kier alpha value is -0.760. The lowest BCUT2D eigenvalue weighted by Gasteiger charge is -2.39. The molecule has 1 saturated carbocycles. The normalized spacial score (nSPS) is 27.8. The topological polar surface area (TPSA) is 24.9 Å². The number of rotatable bonds is 2. The molecule has 1 N–H and O–H groups in total. The average Bonchev–Trinajstić information content (AvgIpc) is 2.24. The number of aromatic nitrogens is 1. The molecule has 2 atom stereocenters. The number of nitrogens with one attached hydrogen (secondary N) is 1. The zero-order valence-electron chi connectivity index (χ0n) is 10.8. The van der Waals surface area contributed by atoms with Crippen molar-refractivity contribution in [1.82, 2.24) is 4.98 Å². The van der Waals surface area contributed by atoms with Crippen LogP contribution in [0, 0.1) is 11.3 Å². The van der Waals surface area contributed by atoms with Gasteiger partial charge in [-0.1, -0.05) is 32.4 Å². The Morgan fingerprint density at radius 1 is 1.41 bits per heavy atom. The van der Waals surface area contributed by atoms with Gasteiger partial charge in [-0.05, 0) is 42.7 Å². The van der Waals surface area contributed by atoms with Crippen molar-refractivity contribution in [2.75, 3.05) is 5.32 Å². The molecule has 17 heavy (non-hydrogen) atoms. The van der Waals surface area contributed by atoms with Crippen LogP contribution in [0.1, 0.15) is 40.0 Å². The largest absolute Gasteiger partial charge is 0.381 e. The van der Waals surface area contributed by atoms with E-state index < -0.39 is 0 Å². The molecule has 3 heteroatoms. The van der Waals surface area contributed by atoms with Crippen molar-refractivity contribution in [2.45, 2.75) is 46.1 Å². The van der Waals surface area contributed by atoms with Gasteiger partial charge in [0.2, 0.25) is 0 Å². The van der Waals surface area contributed by atoms with Crippen LogP contribution in [-0.4, -0.2) is 11.0 Å². The second-order valence-electron chi connectivity index (χ2n) is 6.00. The Kier molecular flexibility index (Phi) is 3.62. The molecule has 0 aromatic carbocycles. The molecule has 0 amide bonds. The van der Waals surface area contributed by atoms with E-state index in [-0.39, 0.29) is 0 Å². The van der Waals surface area contributed by atoms with Crippen LogP contribution in [0.25, 0.3) is 0 Å². The van der Waals surface area contributed by atoms with E-state index in [4.69, 9.17) is 11.6 Å². The molecule has 2 rings (SSSR count). The predicted molar refractivity (Wildman–Crippen MR) is 73.5 cm³/mol. The van der Waals surface area contributed by atoms with Crippen molar-refractivity contribution in [3.63, 3.8) is 0 Å². The summed E-state index contributed by atoms with van der Waals surface area (Å²) in [6, 6.07) is 4.40. The summed E-state index contributed by atoms with van der Waals surface area (Å²) >= 11 is 5.78. The zero-order valence-corrected chi connectivity index (χ0v) is 11.6. The summed E-state index contributed by atoms with van der Waals surface area (Å²) in [5.74, 6) is 0.703. The fourth-order valence-corrected chi connectivity index (χ4v) is 2.95. The quantitative estimate of drug-likeness (QED) is 0.791. The molecule has 1 aliphatic rings. The zero-order chi connectivity index (χ0) is 12.5. The third-order valence-corrected chi connectivity index (χ3v) is 4.00. The smallest absolute Gasteiger partial charge is 0.129 e. The first kappa shape index (κ1) is 12.7. The molecule has 0 saturated heterocycles. The highest BCUT2D eigenvalue weighted by Gasteiger charge is 2.32. The van der Waals surface area contributed by atoms with Crippen LogP contribution in [0.2, 0.25) is 5.15 Å². The lowest BCUT2D eigenvalue weighted by atomic mass is 9.70. The van der Waals surface area contributed by atoms with Crippen LogP contribution in [0.3, 0.4) is 0 Å². The van der Waals surface area contributed by atoms with Crippen molar-refractivity contribution >= 4 is 17.3 Å². The van der Waals surface area contributed by atoms with E-state index >= 15 is 0 Å². The minimum Gasteiger partial charge on any atom is -0.381 e. The van der Waals surface area contributed by atoms with Crippen molar-refractivity contribution < 1.29 is 0 Å². The third-order valence-electron chi connectivity index (χ3n) is 3.77. The minimum atomic E-state index is 0.496. The Balaban J connectivity index is 1.98. The van der Waals surface area contributed by atoms with E-state index in [0.29, 0.717) is 22.5 Å². The lowest BCUT2D eigenvalue weighted by molar-refractivity contribution is 0.177. The van der Waals surface area contributed by atoms with Gasteiger partial charge in [0.15, 0.2) is 0 Å². The number of halogens is 1. The predicted octanol–water partition coefficient (Wildman–Crippen LogP) is 4.36.